The van der Waals surface area contributed by atoms with E-state index in [2.05, 4.69) is 18.8 Å². The van der Waals surface area contributed by atoms with E-state index in [0.717, 1.165) is 31.4 Å². The minimum atomic E-state index is -0.355. The third-order valence-electron chi connectivity index (χ3n) is 2.65. The standard InChI is InChI=1S/C14H19ClFN/c1-3-5-6-14(17-9-4-2)11-7-8-12(15)13(16)10-11/h3,7-8,10,14,17H,1,4-6,9H2,2H3. The number of rotatable bonds is 7. The molecule has 0 amide bonds. The molecule has 3 heteroatoms. The van der Waals surface area contributed by atoms with Crippen LogP contribution < -0.4 is 5.32 Å². The van der Waals surface area contributed by atoms with E-state index in [-0.39, 0.29) is 16.9 Å². The summed E-state index contributed by atoms with van der Waals surface area (Å²) in [7, 11) is 0. The third-order valence-corrected chi connectivity index (χ3v) is 2.95. The van der Waals surface area contributed by atoms with Gasteiger partial charge in [0.05, 0.1) is 5.02 Å². The van der Waals surface area contributed by atoms with Crippen molar-refractivity contribution in [2.24, 2.45) is 0 Å². The van der Waals surface area contributed by atoms with E-state index in [9.17, 15) is 4.39 Å². The summed E-state index contributed by atoms with van der Waals surface area (Å²) in [5, 5.41) is 3.58. The molecule has 0 aliphatic carbocycles. The number of hydrogen-bond donors (Lipinski definition) is 1. The highest BCUT2D eigenvalue weighted by Gasteiger charge is 2.11. The lowest BCUT2D eigenvalue weighted by Gasteiger charge is -2.18. The average molecular weight is 256 g/mol. The van der Waals surface area contributed by atoms with Crippen LogP contribution in [0.25, 0.3) is 0 Å². The molecule has 0 radical (unpaired) electrons. The van der Waals surface area contributed by atoms with Crippen molar-refractivity contribution in [2.45, 2.75) is 32.2 Å². The van der Waals surface area contributed by atoms with E-state index < -0.39 is 0 Å². The maximum atomic E-state index is 13.4. The van der Waals surface area contributed by atoms with Gasteiger partial charge in [-0.2, -0.15) is 0 Å². The zero-order valence-electron chi connectivity index (χ0n) is 10.2. The first-order valence-electron chi connectivity index (χ1n) is 5.98. The Balaban J connectivity index is 2.78. The monoisotopic (exact) mass is 255 g/mol. The number of allylic oxidation sites excluding steroid dienone is 1. The normalized spacial score (nSPS) is 12.4. The summed E-state index contributed by atoms with van der Waals surface area (Å²) in [6, 6.07) is 5.17. The van der Waals surface area contributed by atoms with Crippen molar-refractivity contribution >= 4 is 11.6 Å². The van der Waals surface area contributed by atoms with Gasteiger partial charge in [-0.25, -0.2) is 4.39 Å². The van der Waals surface area contributed by atoms with Gasteiger partial charge in [-0.3, -0.25) is 0 Å². The van der Waals surface area contributed by atoms with Gasteiger partial charge in [-0.1, -0.05) is 30.7 Å². The third kappa shape index (κ3) is 4.49. The van der Waals surface area contributed by atoms with Crippen LogP contribution in [0, 0.1) is 5.82 Å². The van der Waals surface area contributed by atoms with Crippen LogP contribution in [0.1, 0.15) is 37.8 Å². The summed E-state index contributed by atoms with van der Waals surface area (Å²) in [6.07, 6.45) is 4.77. The van der Waals surface area contributed by atoms with Gasteiger partial charge in [-0.15, -0.1) is 6.58 Å². The molecule has 94 valence electrons. The smallest absolute Gasteiger partial charge is 0.142 e. The quantitative estimate of drug-likeness (QED) is 0.708. The summed E-state index contributed by atoms with van der Waals surface area (Å²) in [5.74, 6) is -0.355. The van der Waals surface area contributed by atoms with Crippen LogP contribution in [0.4, 0.5) is 4.39 Å². The minimum absolute atomic E-state index is 0.166. The van der Waals surface area contributed by atoms with Crippen LogP contribution in [0.15, 0.2) is 30.9 Å². The molecule has 0 bridgehead atoms. The molecule has 0 saturated carbocycles. The van der Waals surface area contributed by atoms with Crippen LogP contribution in [0.3, 0.4) is 0 Å². The van der Waals surface area contributed by atoms with Gasteiger partial charge < -0.3 is 5.32 Å². The van der Waals surface area contributed by atoms with Crippen molar-refractivity contribution in [3.8, 4) is 0 Å². The zero-order valence-corrected chi connectivity index (χ0v) is 10.9. The van der Waals surface area contributed by atoms with E-state index >= 15 is 0 Å². The molecule has 1 unspecified atom stereocenters. The Morgan fingerprint density at radius 2 is 2.29 bits per heavy atom. The Morgan fingerprint density at radius 3 is 2.88 bits per heavy atom. The molecule has 0 aliphatic heterocycles. The predicted molar refractivity (Wildman–Crippen MR) is 71.9 cm³/mol. The topological polar surface area (TPSA) is 12.0 Å². The van der Waals surface area contributed by atoms with E-state index in [1.165, 1.54) is 6.07 Å². The predicted octanol–water partition coefficient (Wildman–Crippen LogP) is 4.49. The number of hydrogen-bond acceptors (Lipinski definition) is 1. The van der Waals surface area contributed by atoms with Crippen LogP contribution >= 0.6 is 11.6 Å². The lowest BCUT2D eigenvalue weighted by molar-refractivity contribution is 0.499. The SMILES string of the molecule is C=CCCC(NCCC)c1ccc(Cl)c(F)c1. The molecule has 0 saturated heterocycles. The molecular formula is C14H19ClFN. The summed E-state index contributed by atoms with van der Waals surface area (Å²) in [5.41, 5.74) is 0.946. The second-order valence-electron chi connectivity index (χ2n) is 4.05. The lowest BCUT2D eigenvalue weighted by Crippen LogP contribution is -2.22. The summed E-state index contributed by atoms with van der Waals surface area (Å²) in [6.45, 7) is 6.75. The molecule has 1 nitrogen and oxygen atoms in total. The fourth-order valence-corrected chi connectivity index (χ4v) is 1.84. The highest BCUT2D eigenvalue weighted by atomic mass is 35.5. The highest BCUT2D eigenvalue weighted by Crippen LogP contribution is 2.23. The van der Waals surface area contributed by atoms with Crippen molar-refractivity contribution in [1.29, 1.82) is 0 Å². The van der Waals surface area contributed by atoms with Gasteiger partial charge in [0.2, 0.25) is 0 Å². The molecule has 1 aromatic rings. The lowest BCUT2D eigenvalue weighted by atomic mass is 10.0. The molecule has 1 N–H and O–H groups in total. The second kappa shape index (κ2) is 7.46. The van der Waals surface area contributed by atoms with Crippen LogP contribution in [-0.2, 0) is 0 Å². The summed E-state index contributed by atoms with van der Waals surface area (Å²) >= 11 is 5.68. The molecule has 1 rings (SSSR count). The molecule has 0 fully saturated rings. The van der Waals surface area contributed by atoms with Gasteiger partial charge in [0.1, 0.15) is 5.82 Å². The Morgan fingerprint density at radius 1 is 1.53 bits per heavy atom. The maximum Gasteiger partial charge on any atom is 0.142 e. The Bertz CT molecular complexity index is 365. The average Bonchev–Trinajstić information content (AvgIpc) is 2.33. The van der Waals surface area contributed by atoms with Gasteiger partial charge >= 0.3 is 0 Å². The van der Waals surface area contributed by atoms with E-state index in [1.807, 2.05) is 12.1 Å². The van der Waals surface area contributed by atoms with Crippen molar-refractivity contribution in [2.75, 3.05) is 6.54 Å². The van der Waals surface area contributed by atoms with E-state index in [0.29, 0.717) is 0 Å². The molecule has 1 atom stereocenters. The molecule has 0 aromatic heterocycles. The minimum Gasteiger partial charge on any atom is -0.310 e. The van der Waals surface area contributed by atoms with Gasteiger partial charge in [-0.05, 0) is 43.5 Å². The molecule has 0 heterocycles. The first-order chi connectivity index (χ1) is 8.19. The fourth-order valence-electron chi connectivity index (χ4n) is 1.72. The Hall–Kier alpha value is -0.860. The van der Waals surface area contributed by atoms with Crippen molar-refractivity contribution in [3.63, 3.8) is 0 Å². The van der Waals surface area contributed by atoms with E-state index in [1.54, 1.807) is 6.07 Å². The van der Waals surface area contributed by atoms with Gasteiger partial charge in [0.25, 0.3) is 0 Å². The first kappa shape index (κ1) is 14.2. The molecule has 1 aromatic carbocycles. The van der Waals surface area contributed by atoms with E-state index in [4.69, 9.17) is 11.6 Å². The largest absolute Gasteiger partial charge is 0.310 e. The number of nitrogens with one attached hydrogen (secondary N) is 1. The Kier molecular flexibility index (Phi) is 6.23. The van der Waals surface area contributed by atoms with Crippen LogP contribution in [0.5, 0.6) is 0 Å². The van der Waals surface area contributed by atoms with Crippen molar-refractivity contribution in [3.05, 3.63) is 47.3 Å². The maximum absolute atomic E-state index is 13.4. The fraction of sp³-hybridized carbons (Fsp3) is 0.429. The van der Waals surface area contributed by atoms with Gasteiger partial charge in [0.15, 0.2) is 0 Å². The van der Waals surface area contributed by atoms with Crippen LogP contribution in [-0.4, -0.2) is 6.54 Å². The zero-order chi connectivity index (χ0) is 12.7. The molecule has 0 aliphatic rings. The van der Waals surface area contributed by atoms with Gasteiger partial charge in [0, 0.05) is 6.04 Å². The molecule has 17 heavy (non-hydrogen) atoms. The van der Waals surface area contributed by atoms with Crippen LogP contribution in [0.2, 0.25) is 5.02 Å². The summed E-state index contributed by atoms with van der Waals surface area (Å²) < 4.78 is 13.4. The van der Waals surface area contributed by atoms with Crippen molar-refractivity contribution < 1.29 is 4.39 Å². The second-order valence-corrected chi connectivity index (χ2v) is 4.45. The number of halogens is 2. The highest BCUT2D eigenvalue weighted by molar-refractivity contribution is 6.30. The molecule has 0 spiro atoms. The first-order valence-corrected chi connectivity index (χ1v) is 6.36. The summed E-state index contributed by atoms with van der Waals surface area (Å²) in [4.78, 5) is 0. The molecular weight excluding hydrogens is 237 g/mol. The Labute approximate surface area is 108 Å². The number of benzene rings is 1. The van der Waals surface area contributed by atoms with Crippen molar-refractivity contribution in [1.82, 2.24) is 5.32 Å².